The number of nitrogens with zero attached hydrogens (tertiary/aromatic N) is 1. The van der Waals surface area contributed by atoms with E-state index in [1.807, 2.05) is 24.4 Å². The lowest BCUT2D eigenvalue weighted by Crippen LogP contribution is -2.03. The SMILES string of the molecule is Cc1ccc(C(O)Cc2nccs2)c(C)c1. The predicted molar refractivity (Wildman–Crippen MR) is 66.7 cm³/mol. The van der Waals surface area contributed by atoms with Crippen molar-refractivity contribution in [3.05, 3.63) is 51.5 Å². The van der Waals surface area contributed by atoms with Gasteiger partial charge in [-0.1, -0.05) is 23.8 Å². The summed E-state index contributed by atoms with van der Waals surface area (Å²) in [5.41, 5.74) is 3.37. The van der Waals surface area contributed by atoms with Crippen molar-refractivity contribution in [1.29, 1.82) is 0 Å². The van der Waals surface area contributed by atoms with Gasteiger partial charge in [0.1, 0.15) is 0 Å². The molecule has 0 aliphatic rings. The van der Waals surface area contributed by atoms with Gasteiger partial charge in [-0.25, -0.2) is 4.98 Å². The molecule has 1 N–H and O–H groups in total. The molecule has 2 nitrogen and oxygen atoms in total. The highest BCUT2D eigenvalue weighted by Crippen LogP contribution is 2.23. The third-order valence-electron chi connectivity index (χ3n) is 2.64. The Morgan fingerprint density at radius 3 is 2.81 bits per heavy atom. The number of aryl methyl sites for hydroxylation is 2. The summed E-state index contributed by atoms with van der Waals surface area (Å²) in [6, 6.07) is 6.14. The zero-order valence-electron chi connectivity index (χ0n) is 9.47. The molecule has 0 saturated carbocycles. The first-order valence-corrected chi connectivity index (χ1v) is 6.18. The van der Waals surface area contributed by atoms with Crippen molar-refractivity contribution in [2.75, 3.05) is 0 Å². The summed E-state index contributed by atoms with van der Waals surface area (Å²) in [7, 11) is 0. The van der Waals surface area contributed by atoms with E-state index in [4.69, 9.17) is 0 Å². The Balaban J connectivity index is 2.17. The Hall–Kier alpha value is -1.19. The summed E-state index contributed by atoms with van der Waals surface area (Å²) in [6.45, 7) is 4.09. The molecule has 0 amide bonds. The van der Waals surface area contributed by atoms with Crippen LogP contribution in [0.1, 0.15) is 27.8 Å². The van der Waals surface area contributed by atoms with Crippen molar-refractivity contribution < 1.29 is 5.11 Å². The van der Waals surface area contributed by atoms with Gasteiger partial charge in [0.2, 0.25) is 0 Å². The average Bonchev–Trinajstić information content (AvgIpc) is 2.70. The van der Waals surface area contributed by atoms with Crippen molar-refractivity contribution in [3.8, 4) is 0 Å². The van der Waals surface area contributed by atoms with Crippen LogP contribution in [-0.4, -0.2) is 10.1 Å². The summed E-state index contributed by atoms with van der Waals surface area (Å²) >= 11 is 1.58. The van der Waals surface area contributed by atoms with E-state index in [2.05, 4.69) is 18.0 Å². The fraction of sp³-hybridized carbons (Fsp3) is 0.308. The van der Waals surface area contributed by atoms with Gasteiger partial charge in [0.05, 0.1) is 11.1 Å². The zero-order valence-corrected chi connectivity index (χ0v) is 10.3. The standard InChI is InChI=1S/C13H15NOS/c1-9-3-4-11(10(2)7-9)12(15)8-13-14-5-6-16-13/h3-7,12,15H,8H2,1-2H3. The summed E-state index contributed by atoms with van der Waals surface area (Å²) in [5, 5.41) is 13.0. The van der Waals surface area contributed by atoms with E-state index >= 15 is 0 Å². The Bertz CT molecular complexity index is 465. The highest BCUT2D eigenvalue weighted by Gasteiger charge is 2.12. The number of aliphatic hydroxyl groups excluding tert-OH is 1. The highest BCUT2D eigenvalue weighted by molar-refractivity contribution is 7.09. The van der Waals surface area contributed by atoms with Crippen molar-refractivity contribution >= 4 is 11.3 Å². The fourth-order valence-corrected chi connectivity index (χ4v) is 2.48. The second-order valence-electron chi connectivity index (χ2n) is 4.01. The Kier molecular flexibility index (Phi) is 3.36. The van der Waals surface area contributed by atoms with E-state index in [1.54, 1.807) is 17.5 Å². The summed E-state index contributed by atoms with van der Waals surface area (Å²) < 4.78 is 0. The lowest BCUT2D eigenvalue weighted by molar-refractivity contribution is 0.177. The molecule has 0 aliphatic heterocycles. The predicted octanol–water partition coefficient (Wildman–Crippen LogP) is 3.04. The minimum Gasteiger partial charge on any atom is -0.388 e. The molecule has 1 unspecified atom stereocenters. The number of benzene rings is 1. The van der Waals surface area contributed by atoms with E-state index in [-0.39, 0.29) is 0 Å². The summed E-state index contributed by atoms with van der Waals surface area (Å²) in [4.78, 5) is 4.19. The van der Waals surface area contributed by atoms with Gasteiger partial charge in [0, 0.05) is 18.0 Å². The fourth-order valence-electron chi connectivity index (χ4n) is 1.83. The highest BCUT2D eigenvalue weighted by atomic mass is 32.1. The number of aromatic nitrogens is 1. The van der Waals surface area contributed by atoms with Gasteiger partial charge < -0.3 is 5.11 Å². The quantitative estimate of drug-likeness (QED) is 0.884. The lowest BCUT2D eigenvalue weighted by Gasteiger charge is -2.12. The van der Waals surface area contributed by atoms with Crippen LogP contribution in [0.15, 0.2) is 29.8 Å². The molecule has 1 atom stereocenters. The van der Waals surface area contributed by atoms with Crippen LogP contribution in [0.5, 0.6) is 0 Å². The Morgan fingerprint density at radius 2 is 2.19 bits per heavy atom. The van der Waals surface area contributed by atoms with Gasteiger partial charge in [-0.05, 0) is 25.0 Å². The van der Waals surface area contributed by atoms with Gasteiger partial charge in [-0.3, -0.25) is 0 Å². The second-order valence-corrected chi connectivity index (χ2v) is 4.98. The van der Waals surface area contributed by atoms with E-state index < -0.39 is 6.10 Å². The molecule has 1 aromatic carbocycles. The Labute approximate surface area is 99.6 Å². The van der Waals surface area contributed by atoms with Gasteiger partial charge in [-0.2, -0.15) is 0 Å². The number of rotatable bonds is 3. The Morgan fingerprint density at radius 1 is 1.38 bits per heavy atom. The van der Waals surface area contributed by atoms with Crippen LogP contribution in [0.2, 0.25) is 0 Å². The van der Waals surface area contributed by atoms with Crippen LogP contribution in [0.3, 0.4) is 0 Å². The molecule has 0 radical (unpaired) electrons. The molecule has 2 aromatic rings. The summed E-state index contributed by atoms with van der Waals surface area (Å²) in [6.07, 6.45) is 1.92. The third-order valence-corrected chi connectivity index (χ3v) is 3.44. The molecular formula is C13H15NOS. The molecule has 0 bridgehead atoms. The lowest BCUT2D eigenvalue weighted by atomic mass is 9.99. The average molecular weight is 233 g/mol. The summed E-state index contributed by atoms with van der Waals surface area (Å²) in [5.74, 6) is 0. The minimum absolute atomic E-state index is 0.452. The van der Waals surface area contributed by atoms with E-state index in [1.165, 1.54) is 5.56 Å². The molecule has 3 heteroatoms. The van der Waals surface area contributed by atoms with E-state index in [0.717, 1.165) is 16.1 Å². The van der Waals surface area contributed by atoms with Gasteiger partial charge in [-0.15, -0.1) is 11.3 Å². The normalized spacial score (nSPS) is 12.7. The molecule has 1 heterocycles. The smallest absolute Gasteiger partial charge is 0.0954 e. The van der Waals surface area contributed by atoms with Gasteiger partial charge in [0.15, 0.2) is 0 Å². The maximum atomic E-state index is 10.1. The molecule has 0 spiro atoms. The second kappa shape index (κ2) is 4.76. The topological polar surface area (TPSA) is 33.1 Å². The molecule has 16 heavy (non-hydrogen) atoms. The van der Waals surface area contributed by atoms with Crippen LogP contribution in [0, 0.1) is 13.8 Å². The van der Waals surface area contributed by atoms with Crippen molar-refractivity contribution in [3.63, 3.8) is 0 Å². The van der Waals surface area contributed by atoms with E-state index in [9.17, 15) is 5.11 Å². The van der Waals surface area contributed by atoms with Gasteiger partial charge in [0.25, 0.3) is 0 Å². The maximum absolute atomic E-state index is 10.1. The molecule has 2 rings (SSSR count). The molecule has 84 valence electrons. The molecule has 0 fully saturated rings. The van der Waals surface area contributed by atoms with Crippen molar-refractivity contribution in [2.24, 2.45) is 0 Å². The third kappa shape index (κ3) is 2.49. The van der Waals surface area contributed by atoms with Crippen molar-refractivity contribution in [2.45, 2.75) is 26.4 Å². The van der Waals surface area contributed by atoms with Crippen LogP contribution < -0.4 is 0 Å². The number of aliphatic hydroxyl groups is 1. The molecule has 0 aliphatic carbocycles. The first-order valence-electron chi connectivity index (χ1n) is 5.30. The first kappa shape index (κ1) is 11.3. The minimum atomic E-state index is -0.452. The van der Waals surface area contributed by atoms with Crippen LogP contribution >= 0.6 is 11.3 Å². The molecule has 1 aromatic heterocycles. The van der Waals surface area contributed by atoms with Crippen LogP contribution in [0.25, 0.3) is 0 Å². The van der Waals surface area contributed by atoms with Gasteiger partial charge >= 0.3 is 0 Å². The number of hydrogen-bond acceptors (Lipinski definition) is 3. The van der Waals surface area contributed by atoms with Crippen LogP contribution in [-0.2, 0) is 6.42 Å². The first-order chi connectivity index (χ1) is 7.66. The molecule has 0 saturated heterocycles. The molecular weight excluding hydrogens is 218 g/mol. The zero-order chi connectivity index (χ0) is 11.5. The largest absolute Gasteiger partial charge is 0.388 e. The number of thiazole rings is 1. The van der Waals surface area contributed by atoms with Crippen molar-refractivity contribution in [1.82, 2.24) is 4.98 Å². The maximum Gasteiger partial charge on any atom is 0.0954 e. The monoisotopic (exact) mass is 233 g/mol. The van der Waals surface area contributed by atoms with Crippen LogP contribution in [0.4, 0.5) is 0 Å². The van der Waals surface area contributed by atoms with E-state index in [0.29, 0.717) is 6.42 Å². The number of hydrogen-bond donors (Lipinski definition) is 1.